The van der Waals surface area contributed by atoms with Crippen molar-refractivity contribution in [2.75, 3.05) is 11.9 Å². The van der Waals surface area contributed by atoms with Gasteiger partial charge in [0.2, 0.25) is 5.91 Å². The Morgan fingerprint density at radius 3 is 2.56 bits per heavy atom. The van der Waals surface area contributed by atoms with Crippen LogP contribution in [0.2, 0.25) is 0 Å². The molecule has 2 fully saturated rings. The lowest BCUT2D eigenvalue weighted by Gasteiger charge is -2.24. The van der Waals surface area contributed by atoms with Crippen molar-refractivity contribution >= 4 is 23.5 Å². The molecule has 2 amide bonds. The van der Waals surface area contributed by atoms with Gasteiger partial charge in [-0.15, -0.1) is 0 Å². The van der Waals surface area contributed by atoms with Crippen LogP contribution >= 0.6 is 0 Å². The average Bonchev–Trinajstić information content (AvgIpc) is 3.31. The van der Waals surface area contributed by atoms with Crippen molar-refractivity contribution in [3.8, 4) is 6.07 Å². The summed E-state index contributed by atoms with van der Waals surface area (Å²) in [6.07, 6.45) is 3.42. The Kier molecular flexibility index (Phi) is 5.75. The number of nitrogens with zero attached hydrogens (tertiary/aromatic N) is 2. The molecule has 1 aliphatic heterocycles. The fourth-order valence-electron chi connectivity index (χ4n) is 3.65. The number of nitriles is 1. The van der Waals surface area contributed by atoms with Crippen LogP contribution in [0.1, 0.15) is 44.6 Å². The molecule has 142 valence electrons. The van der Waals surface area contributed by atoms with Crippen LogP contribution in [0.3, 0.4) is 0 Å². The Labute approximate surface area is 158 Å². The maximum absolute atomic E-state index is 12.4. The summed E-state index contributed by atoms with van der Waals surface area (Å²) >= 11 is 0. The van der Waals surface area contributed by atoms with E-state index in [2.05, 4.69) is 5.32 Å². The summed E-state index contributed by atoms with van der Waals surface area (Å²) in [7, 11) is 0. The summed E-state index contributed by atoms with van der Waals surface area (Å²) in [5.74, 6) is -1.47. The van der Waals surface area contributed by atoms with E-state index in [1.165, 1.54) is 6.92 Å². The number of esters is 1. The van der Waals surface area contributed by atoms with Gasteiger partial charge in [-0.1, -0.05) is 12.8 Å². The molecule has 1 heterocycles. The van der Waals surface area contributed by atoms with Gasteiger partial charge in [0, 0.05) is 24.7 Å². The summed E-state index contributed by atoms with van der Waals surface area (Å²) in [5, 5.41) is 11.4. The number of amides is 2. The largest absolute Gasteiger partial charge is 0.452 e. The maximum Gasteiger partial charge on any atom is 0.312 e. The molecular weight excluding hydrogens is 346 g/mol. The van der Waals surface area contributed by atoms with Crippen LogP contribution in [0, 0.1) is 17.2 Å². The van der Waals surface area contributed by atoms with Crippen LogP contribution < -0.4 is 5.32 Å². The van der Waals surface area contributed by atoms with Crippen LogP contribution in [-0.4, -0.2) is 41.4 Å². The first-order chi connectivity index (χ1) is 13.0. The normalized spacial score (nSPS) is 21.0. The van der Waals surface area contributed by atoms with E-state index < -0.39 is 23.9 Å². The number of carbonyl (C=O) groups excluding carboxylic acids is 3. The molecule has 1 aliphatic carbocycles. The highest BCUT2D eigenvalue weighted by Gasteiger charge is 2.40. The maximum atomic E-state index is 12.4. The second-order valence-electron chi connectivity index (χ2n) is 7.14. The molecule has 0 radical (unpaired) electrons. The van der Waals surface area contributed by atoms with Crippen molar-refractivity contribution in [3.05, 3.63) is 29.8 Å². The number of rotatable bonds is 5. The lowest BCUT2D eigenvalue weighted by Crippen LogP contribution is -2.36. The van der Waals surface area contributed by atoms with E-state index in [1.807, 2.05) is 6.07 Å². The third-order valence-corrected chi connectivity index (χ3v) is 5.20. The Bertz CT molecular complexity index is 762. The molecule has 2 atom stereocenters. The van der Waals surface area contributed by atoms with E-state index in [0.717, 1.165) is 25.7 Å². The van der Waals surface area contributed by atoms with Gasteiger partial charge in [-0.3, -0.25) is 14.4 Å². The molecule has 1 saturated heterocycles. The van der Waals surface area contributed by atoms with Crippen LogP contribution in [0.4, 0.5) is 5.69 Å². The van der Waals surface area contributed by atoms with Crippen molar-refractivity contribution in [2.45, 2.75) is 51.2 Å². The molecule has 1 N–H and O–H groups in total. The van der Waals surface area contributed by atoms with E-state index in [-0.39, 0.29) is 18.4 Å². The smallest absolute Gasteiger partial charge is 0.312 e. The van der Waals surface area contributed by atoms with E-state index in [1.54, 1.807) is 29.2 Å². The minimum absolute atomic E-state index is 0.00135. The summed E-state index contributed by atoms with van der Waals surface area (Å²) in [5.41, 5.74) is 1.01. The fourth-order valence-corrected chi connectivity index (χ4v) is 3.65. The molecule has 1 saturated carbocycles. The molecule has 1 aromatic rings. The monoisotopic (exact) mass is 369 g/mol. The van der Waals surface area contributed by atoms with Crippen molar-refractivity contribution in [1.82, 2.24) is 4.90 Å². The molecular formula is C20H23N3O4. The van der Waals surface area contributed by atoms with Gasteiger partial charge in [-0.25, -0.2) is 0 Å². The van der Waals surface area contributed by atoms with E-state index >= 15 is 0 Å². The SMILES string of the molecule is C[C@H](OC(=O)[C@H]1CC(=O)N(C2CCCC2)C1)C(=O)Nc1ccc(C#N)cc1. The zero-order valence-corrected chi connectivity index (χ0v) is 15.3. The van der Waals surface area contributed by atoms with Gasteiger partial charge in [-0.2, -0.15) is 5.26 Å². The fraction of sp³-hybridized carbons (Fsp3) is 0.500. The number of likely N-dealkylation sites (tertiary alicyclic amines) is 1. The molecule has 0 aromatic heterocycles. The van der Waals surface area contributed by atoms with Crippen molar-refractivity contribution in [3.63, 3.8) is 0 Å². The topological polar surface area (TPSA) is 99.5 Å². The van der Waals surface area contributed by atoms with E-state index in [0.29, 0.717) is 17.8 Å². The highest BCUT2D eigenvalue weighted by molar-refractivity contribution is 5.95. The van der Waals surface area contributed by atoms with Crippen LogP contribution in [0.15, 0.2) is 24.3 Å². The molecule has 27 heavy (non-hydrogen) atoms. The quantitative estimate of drug-likeness (QED) is 0.802. The first-order valence-corrected chi connectivity index (χ1v) is 9.29. The highest BCUT2D eigenvalue weighted by atomic mass is 16.5. The Morgan fingerprint density at radius 1 is 1.26 bits per heavy atom. The number of anilines is 1. The minimum atomic E-state index is -0.969. The van der Waals surface area contributed by atoms with Gasteiger partial charge in [-0.05, 0) is 44.0 Å². The molecule has 1 aromatic carbocycles. The first-order valence-electron chi connectivity index (χ1n) is 9.29. The van der Waals surface area contributed by atoms with Gasteiger partial charge in [0.15, 0.2) is 6.10 Å². The van der Waals surface area contributed by atoms with Crippen molar-refractivity contribution < 1.29 is 19.1 Å². The summed E-state index contributed by atoms with van der Waals surface area (Å²) in [6.45, 7) is 1.88. The predicted octanol–water partition coefficient (Wildman–Crippen LogP) is 2.22. The Hall–Kier alpha value is -2.88. The second kappa shape index (κ2) is 8.21. The second-order valence-corrected chi connectivity index (χ2v) is 7.14. The molecule has 2 aliphatic rings. The molecule has 0 bridgehead atoms. The molecule has 3 rings (SSSR count). The molecule has 7 nitrogen and oxygen atoms in total. The summed E-state index contributed by atoms with van der Waals surface area (Å²) in [6, 6.07) is 8.65. The standard InChI is InChI=1S/C20H23N3O4/c1-13(19(25)22-16-8-6-14(11-21)7-9-16)27-20(26)15-10-18(24)23(12-15)17-4-2-3-5-17/h6-9,13,15,17H,2-5,10,12H2,1H3,(H,22,25)/t13-,15-/m0/s1. The van der Waals surface area contributed by atoms with Gasteiger partial charge in [0.1, 0.15) is 0 Å². The number of benzene rings is 1. The van der Waals surface area contributed by atoms with Gasteiger partial charge < -0.3 is 15.0 Å². The molecule has 0 unspecified atom stereocenters. The lowest BCUT2D eigenvalue weighted by molar-refractivity contribution is -0.157. The Balaban J connectivity index is 1.51. The van der Waals surface area contributed by atoms with Crippen LogP contribution in [0.5, 0.6) is 0 Å². The van der Waals surface area contributed by atoms with Crippen molar-refractivity contribution in [2.24, 2.45) is 5.92 Å². The van der Waals surface area contributed by atoms with Gasteiger partial charge >= 0.3 is 5.97 Å². The minimum Gasteiger partial charge on any atom is -0.452 e. The number of hydrogen-bond donors (Lipinski definition) is 1. The van der Waals surface area contributed by atoms with E-state index in [4.69, 9.17) is 10.00 Å². The summed E-state index contributed by atoms with van der Waals surface area (Å²) in [4.78, 5) is 38.6. The van der Waals surface area contributed by atoms with E-state index in [9.17, 15) is 14.4 Å². The Morgan fingerprint density at radius 2 is 1.93 bits per heavy atom. The molecule has 0 spiro atoms. The van der Waals surface area contributed by atoms with Gasteiger partial charge in [0.05, 0.1) is 17.6 Å². The number of ether oxygens (including phenoxy) is 1. The highest BCUT2D eigenvalue weighted by Crippen LogP contribution is 2.30. The molecule has 7 heteroatoms. The van der Waals surface area contributed by atoms with Crippen molar-refractivity contribution in [1.29, 1.82) is 5.26 Å². The third-order valence-electron chi connectivity index (χ3n) is 5.20. The number of hydrogen-bond acceptors (Lipinski definition) is 5. The predicted molar refractivity (Wildman–Crippen MR) is 97.4 cm³/mol. The third kappa shape index (κ3) is 4.45. The summed E-state index contributed by atoms with van der Waals surface area (Å²) < 4.78 is 5.29. The number of carbonyl (C=O) groups is 3. The number of nitrogens with one attached hydrogen (secondary N) is 1. The first kappa shape index (κ1) is 18.9. The zero-order valence-electron chi connectivity index (χ0n) is 15.3. The van der Waals surface area contributed by atoms with Crippen LogP contribution in [-0.2, 0) is 19.1 Å². The zero-order chi connectivity index (χ0) is 19.4. The van der Waals surface area contributed by atoms with Crippen LogP contribution in [0.25, 0.3) is 0 Å². The van der Waals surface area contributed by atoms with Gasteiger partial charge in [0.25, 0.3) is 5.91 Å². The average molecular weight is 369 g/mol. The lowest BCUT2D eigenvalue weighted by atomic mass is 10.1.